The van der Waals surface area contributed by atoms with Crippen LogP contribution in [0.4, 0.5) is 0 Å². The molecule has 1 N–H and O–H groups in total. The molecule has 52 heavy (non-hydrogen) atoms. The lowest BCUT2D eigenvalue weighted by Crippen LogP contribution is -2.19. The number of aromatic hydroxyl groups is 1. The molecule has 2 heterocycles. The molecule has 0 spiro atoms. The minimum Gasteiger partial charge on any atom is -0.507 e. The van der Waals surface area contributed by atoms with E-state index in [4.69, 9.17) is 9.97 Å². The van der Waals surface area contributed by atoms with E-state index in [1.165, 1.54) is 27.8 Å². The maximum Gasteiger partial charge on any atom is 0.149 e. The average molecular weight is 678 g/mol. The van der Waals surface area contributed by atoms with Crippen LogP contribution in [0.3, 0.4) is 0 Å². The van der Waals surface area contributed by atoms with Gasteiger partial charge < -0.3 is 5.11 Å². The summed E-state index contributed by atoms with van der Waals surface area (Å²) in [5, 5.41) is 12.4. The summed E-state index contributed by atoms with van der Waals surface area (Å²) < 4.78 is 2.28. The predicted molar refractivity (Wildman–Crippen MR) is 217 cm³/mol. The fourth-order valence-corrected chi connectivity index (χ4v) is 8.00. The van der Waals surface area contributed by atoms with Crippen molar-refractivity contribution in [1.29, 1.82) is 0 Å². The number of fused-ring (bicyclic) bond motifs is 2. The van der Waals surface area contributed by atoms with Crippen LogP contribution in [0.15, 0.2) is 134 Å². The van der Waals surface area contributed by atoms with Crippen LogP contribution in [0.1, 0.15) is 54.2 Å². The van der Waals surface area contributed by atoms with Gasteiger partial charge >= 0.3 is 0 Å². The quantitative estimate of drug-likeness (QED) is 0.183. The Morgan fingerprint density at radius 2 is 1.35 bits per heavy atom. The number of aryl methyl sites for hydroxylation is 4. The van der Waals surface area contributed by atoms with Crippen molar-refractivity contribution in [3.8, 4) is 45.1 Å². The predicted octanol–water partition coefficient (Wildman–Crippen LogP) is 12.1. The van der Waals surface area contributed by atoms with Gasteiger partial charge in [0.05, 0.1) is 27.8 Å². The van der Waals surface area contributed by atoms with Crippen LogP contribution < -0.4 is 0 Å². The highest BCUT2D eigenvalue weighted by molar-refractivity contribution is 6.00. The molecule has 8 aromatic rings. The van der Waals surface area contributed by atoms with Crippen molar-refractivity contribution in [2.75, 3.05) is 0 Å². The van der Waals surface area contributed by atoms with Crippen molar-refractivity contribution in [3.05, 3.63) is 167 Å². The van der Waals surface area contributed by atoms with Crippen LogP contribution in [-0.4, -0.2) is 19.6 Å². The van der Waals surface area contributed by atoms with Crippen LogP contribution in [0.25, 0.3) is 61.3 Å². The van der Waals surface area contributed by atoms with Crippen molar-refractivity contribution >= 4 is 21.9 Å². The molecule has 0 unspecified atom stereocenters. The lowest BCUT2D eigenvalue weighted by atomic mass is 9.77. The van der Waals surface area contributed by atoms with Crippen LogP contribution in [0.2, 0.25) is 0 Å². The zero-order chi connectivity index (χ0) is 36.1. The number of nitrogens with zero attached hydrogens (tertiary/aromatic N) is 3. The first-order chi connectivity index (χ1) is 25.2. The number of para-hydroxylation sites is 2. The molecule has 0 atom stereocenters. The Morgan fingerprint density at radius 3 is 2.10 bits per heavy atom. The van der Waals surface area contributed by atoms with Gasteiger partial charge in [-0.05, 0) is 103 Å². The standard InChI is InChI=1S/C48H43N3O/c1-7-33-22-23-35(27-40(33)38-20-13-15-34-16-14-24-49-44(34)38)41-28-37(48(5,6)36-17-9-8-10-18-36)29-42-45(41)50-47(39-19-11-12-21-43(39)52)51(42)46-31(3)25-30(2)26-32(46)4/h8-29,52H,7H2,1-6H3. The van der Waals surface area contributed by atoms with E-state index in [2.05, 4.69) is 143 Å². The summed E-state index contributed by atoms with van der Waals surface area (Å²) in [6.45, 7) is 13.3. The normalized spacial score (nSPS) is 11.8. The van der Waals surface area contributed by atoms with Crippen molar-refractivity contribution < 1.29 is 5.11 Å². The van der Waals surface area contributed by atoms with Gasteiger partial charge in [0.2, 0.25) is 0 Å². The highest BCUT2D eigenvalue weighted by Gasteiger charge is 2.28. The number of rotatable bonds is 7. The molecule has 0 amide bonds. The first-order valence-electron chi connectivity index (χ1n) is 18.1. The van der Waals surface area contributed by atoms with E-state index in [-0.39, 0.29) is 11.2 Å². The molecule has 4 nitrogen and oxygen atoms in total. The summed E-state index contributed by atoms with van der Waals surface area (Å²) in [6, 6.07) is 44.8. The van der Waals surface area contributed by atoms with Crippen molar-refractivity contribution in [2.24, 2.45) is 0 Å². The van der Waals surface area contributed by atoms with Crippen molar-refractivity contribution in [3.63, 3.8) is 0 Å². The lowest BCUT2D eigenvalue weighted by Gasteiger charge is -2.27. The Hall–Kier alpha value is -6.00. The molecule has 0 aliphatic rings. The van der Waals surface area contributed by atoms with Crippen LogP contribution in [-0.2, 0) is 11.8 Å². The molecule has 4 heteroatoms. The summed E-state index contributed by atoms with van der Waals surface area (Å²) in [4.78, 5) is 10.3. The molecule has 0 radical (unpaired) electrons. The van der Waals surface area contributed by atoms with E-state index in [1.54, 1.807) is 6.07 Å². The molecule has 0 aliphatic heterocycles. The summed E-state index contributed by atoms with van der Waals surface area (Å²) in [5.74, 6) is 0.911. The molecule has 0 fully saturated rings. The molecular weight excluding hydrogens is 635 g/mol. The van der Waals surface area contributed by atoms with Crippen molar-refractivity contribution in [1.82, 2.24) is 14.5 Å². The molecule has 0 saturated heterocycles. The van der Waals surface area contributed by atoms with E-state index in [9.17, 15) is 5.11 Å². The zero-order valence-electron chi connectivity index (χ0n) is 30.7. The second kappa shape index (κ2) is 13.0. The second-order valence-corrected chi connectivity index (χ2v) is 14.5. The molecule has 0 saturated carbocycles. The third kappa shape index (κ3) is 5.56. The van der Waals surface area contributed by atoms with Gasteiger partial charge in [0.1, 0.15) is 11.6 Å². The van der Waals surface area contributed by atoms with Crippen LogP contribution in [0.5, 0.6) is 5.75 Å². The molecule has 0 bridgehead atoms. The van der Waals surface area contributed by atoms with E-state index in [0.29, 0.717) is 11.4 Å². The molecule has 0 aliphatic carbocycles. The SMILES string of the molecule is CCc1ccc(-c2cc(C(C)(C)c3ccccc3)cc3c2nc(-c2ccccc2O)n3-c2c(C)cc(C)cc2C)cc1-c1cccc2cccnc12. The number of phenols is 1. The van der Waals surface area contributed by atoms with E-state index < -0.39 is 0 Å². The number of benzene rings is 6. The number of pyridine rings is 1. The Kier molecular flexibility index (Phi) is 8.26. The van der Waals surface area contributed by atoms with Gasteiger partial charge in [-0.1, -0.05) is 117 Å². The maximum atomic E-state index is 11.3. The van der Waals surface area contributed by atoms with Gasteiger partial charge in [0.15, 0.2) is 0 Å². The Labute approximate surface area is 306 Å². The average Bonchev–Trinajstić information content (AvgIpc) is 3.53. The number of imidazole rings is 1. The number of hydrogen-bond acceptors (Lipinski definition) is 3. The molecule has 8 rings (SSSR count). The largest absolute Gasteiger partial charge is 0.507 e. The molecule has 256 valence electrons. The van der Waals surface area contributed by atoms with Gasteiger partial charge in [0, 0.05) is 28.1 Å². The smallest absolute Gasteiger partial charge is 0.149 e. The zero-order valence-corrected chi connectivity index (χ0v) is 30.7. The third-order valence-corrected chi connectivity index (χ3v) is 10.7. The monoisotopic (exact) mass is 677 g/mol. The molecule has 2 aromatic heterocycles. The highest BCUT2D eigenvalue weighted by Crippen LogP contribution is 2.44. The van der Waals surface area contributed by atoms with E-state index in [0.717, 1.165) is 61.9 Å². The fraction of sp³-hybridized carbons (Fsp3) is 0.167. The van der Waals surface area contributed by atoms with Gasteiger partial charge in [0.25, 0.3) is 0 Å². The van der Waals surface area contributed by atoms with Gasteiger partial charge in [-0.15, -0.1) is 0 Å². The first kappa shape index (κ1) is 33.2. The summed E-state index contributed by atoms with van der Waals surface area (Å²) in [5.41, 5.74) is 16.0. The maximum absolute atomic E-state index is 11.3. The highest BCUT2D eigenvalue weighted by atomic mass is 16.3. The third-order valence-electron chi connectivity index (χ3n) is 10.7. The second-order valence-electron chi connectivity index (χ2n) is 14.5. The topological polar surface area (TPSA) is 50.9 Å². The Bertz CT molecular complexity index is 2600. The molecular formula is C48H43N3O. The number of hydrogen-bond donors (Lipinski definition) is 1. The lowest BCUT2D eigenvalue weighted by molar-refractivity contribution is 0.477. The molecule has 6 aromatic carbocycles. The van der Waals surface area contributed by atoms with Gasteiger partial charge in [-0.2, -0.15) is 0 Å². The Morgan fingerprint density at radius 1 is 0.635 bits per heavy atom. The van der Waals surface area contributed by atoms with Gasteiger partial charge in [-0.3, -0.25) is 9.55 Å². The number of aromatic nitrogens is 3. The van der Waals surface area contributed by atoms with E-state index in [1.807, 2.05) is 30.5 Å². The minimum absolute atomic E-state index is 0.200. The van der Waals surface area contributed by atoms with E-state index >= 15 is 0 Å². The summed E-state index contributed by atoms with van der Waals surface area (Å²) >= 11 is 0. The number of phenolic OH excluding ortho intramolecular Hbond substituents is 1. The summed E-state index contributed by atoms with van der Waals surface area (Å²) in [7, 11) is 0. The minimum atomic E-state index is -0.322. The fourth-order valence-electron chi connectivity index (χ4n) is 8.00. The Balaban J connectivity index is 1.50. The van der Waals surface area contributed by atoms with Gasteiger partial charge in [-0.25, -0.2) is 4.98 Å². The summed E-state index contributed by atoms with van der Waals surface area (Å²) in [6.07, 6.45) is 2.77. The first-order valence-corrected chi connectivity index (χ1v) is 18.1. The van der Waals surface area contributed by atoms with Crippen LogP contribution in [0, 0.1) is 20.8 Å². The van der Waals surface area contributed by atoms with Crippen molar-refractivity contribution in [2.45, 2.75) is 53.4 Å². The van der Waals surface area contributed by atoms with Crippen LogP contribution >= 0.6 is 0 Å².